The Balaban J connectivity index is 1.52. The number of para-hydroxylation sites is 1. The van der Waals surface area contributed by atoms with E-state index in [1.54, 1.807) is 34.1 Å². The van der Waals surface area contributed by atoms with Crippen molar-refractivity contribution in [3.05, 3.63) is 64.3 Å². The zero-order valence-electron chi connectivity index (χ0n) is 15.1. The molecule has 1 saturated heterocycles. The molecule has 0 unspecified atom stereocenters. The lowest BCUT2D eigenvalue weighted by Crippen LogP contribution is -2.49. The number of alkyl halides is 3. The zero-order valence-corrected chi connectivity index (χ0v) is 15.1. The number of H-pyrrole nitrogens is 1. The van der Waals surface area contributed by atoms with Crippen molar-refractivity contribution in [1.29, 1.82) is 0 Å². The summed E-state index contributed by atoms with van der Waals surface area (Å²) in [4.78, 5) is 38.0. The number of amides is 1. The van der Waals surface area contributed by atoms with Crippen LogP contribution in [0.5, 0.6) is 0 Å². The van der Waals surface area contributed by atoms with Gasteiger partial charge in [0.2, 0.25) is 5.56 Å². The summed E-state index contributed by atoms with van der Waals surface area (Å²) >= 11 is 0. The summed E-state index contributed by atoms with van der Waals surface area (Å²) in [5.74, 6) is -0.119. The second kappa shape index (κ2) is 7.19. The van der Waals surface area contributed by atoms with E-state index in [4.69, 9.17) is 0 Å². The Morgan fingerprint density at radius 1 is 1.03 bits per heavy atom. The largest absolute Gasteiger partial charge is 0.433 e. The van der Waals surface area contributed by atoms with Crippen LogP contribution in [0, 0.1) is 0 Å². The average Bonchev–Trinajstić information content (AvgIpc) is 2.72. The summed E-state index contributed by atoms with van der Waals surface area (Å²) in [6.07, 6.45) is -3.66. The average molecular weight is 403 g/mol. The number of carbonyl (C=O) groups is 1. The van der Waals surface area contributed by atoms with Crippen LogP contribution >= 0.6 is 0 Å². The van der Waals surface area contributed by atoms with Crippen molar-refractivity contribution in [2.45, 2.75) is 6.18 Å². The van der Waals surface area contributed by atoms with Gasteiger partial charge in [-0.2, -0.15) is 13.2 Å². The van der Waals surface area contributed by atoms with Crippen LogP contribution in [0.25, 0.3) is 10.9 Å². The van der Waals surface area contributed by atoms with Gasteiger partial charge in [0.25, 0.3) is 5.91 Å². The van der Waals surface area contributed by atoms with Gasteiger partial charge in [-0.15, -0.1) is 0 Å². The van der Waals surface area contributed by atoms with E-state index in [1.807, 2.05) is 0 Å². The highest BCUT2D eigenvalue weighted by Crippen LogP contribution is 2.29. The Morgan fingerprint density at radius 3 is 2.48 bits per heavy atom. The molecule has 0 bridgehead atoms. The summed E-state index contributed by atoms with van der Waals surface area (Å²) in [6, 6.07) is 9.21. The number of rotatable bonds is 2. The SMILES string of the molecule is O=C(c1cc(=O)[nH]c2ccccc12)N1CCN(c2cc(C(F)(F)F)ncn2)CC1. The van der Waals surface area contributed by atoms with Gasteiger partial charge < -0.3 is 14.8 Å². The maximum absolute atomic E-state index is 13.0. The van der Waals surface area contributed by atoms with Gasteiger partial charge in [0.05, 0.1) is 5.56 Å². The molecule has 3 heterocycles. The number of nitrogens with zero attached hydrogens (tertiary/aromatic N) is 4. The topological polar surface area (TPSA) is 82.2 Å². The molecule has 1 aromatic carbocycles. The van der Waals surface area contributed by atoms with Crippen molar-refractivity contribution in [2.24, 2.45) is 0 Å². The number of benzene rings is 1. The van der Waals surface area contributed by atoms with E-state index in [0.29, 0.717) is 42.6 Å². The minimum Gasteiger partial charge on any atom is -0.353 e. The fourth-order valence-electron chi connectivity index (χ4n) is 3.37. The molecule has 0 saturated carbocycles. The molecule has 1 fully saturated rings. The highest BCUT2D eigenvalue weighted by molar-refractivity contribution is 6.06. The first kappa shape index (κ1) is 18.9. The third kappa shape index (κ3) is 3.78. The van der Waals surface area contributed by atoms with Gasteiger partial charge in [-0.05, 0) is 6.07 Å². The van der Waals surface area contributed by atoms with Crippen LogP contribution in [0.3, 0.4) is 0 Å². The lowest BCUT2D eigenvalue weighted by molar-refractivity contribution is -0.141. The highest BCUT2D eigenvalue weighted by atomic mass is 19.4. The summed E-state index contributed by atoms with van der Waals surface area (Å²) < 4.78 is 38.6. The van der Waals surface area contributed by atoms with Crippen molar-refractivity contribution in [3.8, 4) is 0 Å². The predicted octanol–water partition coefficient (Wildman–Crippen LogP) is 2.30. The molecule has 7 nitrogen and oxygen atoms in total. The number of nitrogens with one attached hydrogen (secondary N) is 1. The first-order valence-corrected chi connectivity index (χ1v) is 8.88. The third-order valence-corrected chi connectivity index (χ3v) is 4.81. The zero-order chi connectivity index (χ0) is 20.6. The fourth-order valence-corrected chi connectivity index (χ4v) is 3.37. The van der Waals surface area contributed by atoms with Crippen LogP contribution in [0.15, 0.2) is 47.5 Å². The number of fused-ring (bicyclic) bond motifs is 1. The van der Waals surface area contributed by atoms with E-state index in [-0.39, 0.29) is 17.3 Å². The molecular formula is C19H16F3N5O2. The van der Waals surface area contributed by atoms with Gasteiger partial charge in [-0.1, -0.05) is 18.2 Å². The Bertz CT molecular complexity index is 1120. The molecule has 0 aliphatic carbocycles. The third-order valence-electron chi connectivity index (χ3n) is 4.81. The maximum atomic E-state index is 13.0. The Morgan fingerprint density at radius 2 is 1.76 bits per heavy atom. The van der Waals surface area contributed by atoms with Crippen LogP contribution in [-0.2, 0) is 6.18 Å². The standard InChI is InChI=1S/C19H16F3N5O2/c20-19(21,22)15-10-16(24-11-23-15)26-5-7-27(8-6-26)18(29)13-9-17(28)25-14-4-2-1-3-12(13)14/h1-4,9-11H,5-8H2,(H,25,28). The molecule has 1 aliphatic heterocycles. The van der Waals surface area contributed by atoms with Crippen LogP contribution in [-0.4, -0.2) is 51.9 Å². The molecular weight excluding hydrogens is 387 g/mol. The minimum atomic E-state index is -4.54. The molecule has 0 atom stereocenters. The van der Waals surface area contributed by atoms with Crippen LogP contribution in [0.1, 0.15) is 16.1 Å². The second-order valence-corrected chi connectivity index (χ2v) is 6.63. The van der Waals surface area contributed by atoms with Crippen LogP contribution < -0.4 is 10.5 Å². The number of piperazine rings is 1. The number of pyridine rings is 1. The monoisotopic (exact) mass is 403 g/mol. The van der Waals surface area contributed by atoms with Crippen molar-refractivity contribution in [3.63, 3.8) is 0 Å². The Kier molecular flexibility index (Phi) is 4.69. The number of hydrogen-bond donors (Lipinski definition) is 1. The van der Waals surface area contributed by atoms with Crippen LogP contribution in [0.4, 0.5) is 19.0 Å². The lowest BCUT2D eigenvalue weighted by Gasteiger charge is -2.35. The van der Waals surface area contributed by atoms with E-state index in [9.17, 15) is 22.8 Å². The normalized spacial score (nSPS) is 15.0. The van der Waals surface area contributed by atoms with E-state index >= 15 is 0 Å². The highest BCUT2D eigenvalue weighted by Gasteiger charge is 2.33. The summed E-state index contributed by atoms with van der Waals surface area (Å²) in [5.41, 5.74) is -0.496. The molecule has 29 heavy (non-hydrogen) atoms. The number of aromatic nitrogens is 3. The predicted molar refractivity (Wildman–Crippen MR) is 99.7 cm³/mol. The van der Waals surface area contributed by atoms with E-state index in [2.05, 4.69) is 15.0 Å². The minimum absolute atomic E-state index is 0.168. The first-order valence-electron chi connectivity index (χ1n) is 8.88. The van der Waals surface area contributed by atoms with Gasteiger partial charge >= 0.3 is 6.18 Å². The molecule has 1 aliphatic rings. The van der Waals surface area contributed by atoms with Crippen molar-refractivity contribution < 1.29 is 18.0 Å². The van der Waals surface area contributed by atoms with Gasteiger partial charge in [0, 0.05) is 49.2 Å². The van der Waals surface area contributed by atoms with Gasteiger partial charge in [-0.3, -0.25) is 9.59 Å². The molecule has 1 N–H and O–H groups in total. The summed E-state index contributed by atoms with van der Waals surface area (Å²) in [5, 5.41) is 0.644. The molecule has 1 amide bonds. The Hall–Kier alpha value is -3.43. The number of carbonyl (C=O) groups excluding carboxylic acids is 1. The van der Waals surface area contributed by atoms with Gasteiger partial charge in [0.1, 0.15) is 17.8 Å². The van der Waals surface area contributed by atoms with Crippen molar-refractivity contribution in [2.75, 3.05) is 31.1 Å². The maximum Gasteiger partial charge on any atom is 0.433 e. The molecule has 2 aromatic heterocycles. The smallest absolute Gasteiger partial charge is 0.353 e. The lowest BCUT2D eigenvalue weighted by atomic mass is 10.1. The molecule has 0 radical (unpaired) electrons. The number of aromatic amines is 1. The van der Waals surface area contributed by atoms with Crippen molar-refractivity contribution >= 4 is 22.6 Å². The first-order chi connectivity index (χ1) is 13.8. The number of halogens is 3. The van der Waals surface area contributed by atoms with E-state index < -0.39 is 11.9 Å². The number of hydrogen-bond acceptors (Lipinski definition) is 5. The molecule has 0 spiro atoms. The summed E-state index contributed by atoms with van der Waals surface area (Å²) in [7, 11) is 0. The quantitative estimate of drug-likeness (QED) is 0.710. The molecule has 3 aromatic rings. The Labute approximate surface area is 162 Å². The van der Waals surface area contributed by atoms with Gasteiger partial charge in [0.15, 0.2) is 0 Å². The van der Waals surface area contributed by atoms with E-state index in [0.717, 1.165) is 12.4 Å². The van der Waals surface area contributed by atoms with E-state index in [1.165, 1.54) is 6.07 Å². The van der Waals surface area contributed by atoms with Crippen molar-refractivity contribution in [1.82, 2.24) is 19.9 Å². The summed E-state index contributed by atoms with van der Waals surface area (Å²) in [6.45, 7) is 1.24. The molecule has 4 rings (SSSR count). The van der Waals surface area contributed by atoms with Gasteiger partial charge in [-0.25, -0.2) is 9.97 Å². The molecule has 10 heteroatoms. The fraction of sp³-hybridized carbons (Fsp3) is 0.263. The van der Waals surface area contributed by atoms with Crippen LogP contribution in [0.2, 0.25) is 0 Å². The molecule has 150 valence electrons. The second-order valence-electron chi connectivity index (χ2n) is 6.63. The number of anilines is 1.